The van der Waals surface area contributed by atoms with Crippen LogP contribution in [0.2, 0.25) is 0 Å². The summed E-state index contributed by atoms with van der Waals surface area (Å²) in [6, 6.07) is 10.0. The van der Waals surface area contributed by atoms with E-state index in [1.165, 1.54) is 18.2 Å². The summed E-state index contributed by atoms with van der Waals surface area (Å²) in [5.41, 5.74) is 0.950. The van der Waals surface area contributed by atoms with Crippen LogP contribution in [0.15, 0.2) is 47.5 Å². The number of rotatable bonds is 5. The Morgan fingerprint density at radius 1 is 1.04 bits per heavy atom. The maximum Gasteiger partial charge on any atom is 0.191 e. The van der Waals surface area contributed by atoms with Gasteiger partial charge in [-0.05, 0) is 17.7 Å². The number of aliphatic imine (C=N–C) groups is 1. The van der Waals surface area contributed by atoms with E-state index in [9.17, 15) is 13.2 Å². The predicted molar refractivity (Wildman–Crippen MR) is 105 cm³/mol. The van der Waals surface area contributed by atoms with Gasteiger partial charge < -0.3 is 10.6 Å². The molecule has 2 N–H and O–H groups in total. The molecule has 7 heteroatoms. The third-order valence-corrected chi connectivity index (χ3v) is 3.70. The molecule has 0 saturated carbocycles. The second kappa shape index (κ2) is 10.3. The van der Waals surface area contributed by atoms with Crippen molar-refractivity contribution in [3.05, 3.63) is 71.0 Å². The van der Waals surface area contributed by atoms with Gasteiger partial charge in [0.2, 0.25) is 0 Å². The zero-order chi connectivity index (χ0) is 17.5. The van der Waals surface area contributed by atoms with Crippen molar-refractivity contribution in [1.82, 2.24) is 10.6 Å². The van der Waals surface area contributed by atoms with Gasteiger partial charge in [0.1, 0.15) is 17.5 Å². The normalized spacial score (nSPS) is 12.3. The SMILES string of the molecule is CN=C(NCc1ccccc1F)NCC(C)c1ccc(F)cc1F.I. The summed E-state index contributed by atoms with van der Waals surface area (Å²) in [4.78, 5) is 4.05. The summed E-state index contributed by atoms with van der Waals surface area (Å²) in [7, 11) is 1.60. The van der Waals surface area contributed by atoms with Crippen molar-refractivity contribution in [2.45, 2.75) is 19.4 Å². The van der Waals surface area contributed by atoms with E-state index < -0.39 is 11.6 Å². The summed E-state index contributed by atoms with van der Waals surface area (Å²) in [6.07, 6.45) is 0. The quantitative estimate of drug-likeness (QED) is 0.397. The van der Waals surface area contributed by atoms with Crippen molar-refractivity contribution in [3.63, 3.8) is 0 Å². The molecular weight excluding hydrogens is 442 g/mol. The summed E-state index contributed by atoms with van der Waals surface area (Å²) < 4.78 is 40.3. The molecule has 0 radical (unpaired) electrons. The fourth-order valence-corrected chi connectivity index (χ4v) is 2.30. The molecule has 0 saturated heterocycles. The molecule has 0 aliphatic rings. The highest BCUT2D eigenvalue weighted by Crippen LogP contribution is 2.19. The summed E-state index contributed by atoms with van der Waals surface area (Å²) in [5, 5.41) is 6.06. The van der Waals surface area contributed by atoms with Crippen molar-refractivity contribution < 1.29 is 13.2 Å². The number of hydrogen-bond donors (Lipinski definition) is 2. The minimum atomic E-state index is -0.598. The van der Waals surface area contributed by atoms with Crippen LogP contribution in [-0.2, 0) is 6.54 Å². The predicted octanol–water partition coefficient (Wildman–Crippen LogP) is 4.19. The fourth-order valence-electron chi connectivity index (χ4n) is 2.30. The number of nitrogens with zero attached hydrogens (tertiary/aromatic N) is 1. The summed E-state index contributed by atoms with van der Waals surface area (Å²) in [6.45, 7) is 2.51. The van der Waals surface area contributed by atoms with E-state index in [0.717, 1.165) is 6.07 Å². The van der Waals surface area contributed by atoms with Crippen molar-refractivity contribution in [2.24, 2.45) is 4.99 Å². The Hall–Kier alpha value is -1.77. The summed E-state index contributed by atoms with van der Waals surface area (Å²) in [5.74, 6) is -1.16. The van der Waals surface area contributed by atoms with Gasteiger partial charge in [-0.3, -0.25) is 4.99 Å². The third-order valence-electron chi connectivity index (χ3n) is 3.70. The van der Waals surface area contributed by atoms with Gasteiger partial charge in [0.15, 0.2) is 5.96 Å². The lowest BCUT2D eigenvalue weighted by Gasteiger charge is -2.17. The Bertz CT molecular complexity index is 722. The second-order valence-electron chi connectivity index (χ2n) is 5.46. The molecule has 25 heavy (non-hydrogen) atoms. The Morgan fingerprint density at radius 2 is 1.76 bits per heavy atom. The molecule has 1 atom stereocenters. The molecule has 0 aliphatic heterocycles. The third kappa shape index (κ3) is 6.22. The highest BCUT2D eigenvalue weighted by Gasteiger charge is 2.12. The lowest BCUT2D eigenvalue weighted by molar-refractivity contribution is 0.555. The zero-order valence-corrected chi connectivity index (χ0v) is 16.4. The van der Waals surface area contributed by atoms with Crippen LogP contribution in [0.25, 0.3) is 0 Å². The molecule has 1 unspecified atom stereocenters. The Kier molecular flexibility index (Phi) is 8.74. The first-order valence-corrected chi connectivity index (χ1v) is 7.64. The van der Waals surface area contributed by atoms with Gasteiger partial charge in [-0.25, -0.2) is 13.2 Å². The average Bonchev–Trinajstić information content (AvgIpc) is 2.56. The number of halogens is 4. The van der Waals surface area contributed by atoms with Crippen molar-refractivity contribution in [2.75, 3.05) is 13.6 Å². The van der Waals surface area contributed by atoms with E-state index in [1.54, 1.807) is 25.2 Å². The molecule has 2 aromatic carbocycles. The molecule has 0 heterocycles. The molecule has 0 amide bonds. The van der Waals surface area contributed by atoms with Gasteiger partial charge in [0, 0.05) is 37.7 Å². The highest BCUT2D eigenvalue weighted by atomic mass is 127. The van der Waals surface area contributed by atoms with Crippen LogP contribution in [0.3, 0.4) is 0 Å². The minimum Gasteiger partial charge on any atom is -0.356 e. The van der Waals surface area contributed by atoms with Crippen molar-refractivity contribution >= 4 is 29.9 Å². The monoisotopic (exact) mass is 463 g/mol. The van der Waals surface area contributed by atoms with Crippen LogP contribution >= 0.6 is 24.0 Å². The molecule has 3 nitrogen and oxygen atoms in total. The van der Waals surface area contributed by atoms with Crippen LogP contribution in [0.5, 0.6) is 0 Å². The van der Waals surface area contributed by atoms with Gasteiger partial charge in [-0.1, -0.05) is 31.2 Å². The van der Waals surface area contributed by atoms with Crippen LogP contribution in [0, 0.1) is 17.5 Å². The van der Waals surface area contributed by atoms with E-state index in [4.69, 9.17) is 0 Å². The highest BCUT2D eigenvalue weighted by molar-refractivity contribution is 14.0. The van der Waals surface area contributed by atoms with Crippen LogP contribution < -0.4 is 10.6 Å². The fraction of sp³-hybridized carbons (Fsp3) is 0.278. The van der Waals surface area contributed by atoms with E-state index in [1.807, 2.05) is 6.92 Å². The number of guanidine groups is 1. The number of hydrogen-bond acceptors (Lipinski definition) is 1. The molecule has 136 valence electrons. The lowest BCUT2D eigenvalue weighted by atomic mass is 10.0. The van der Waals surface area contributed by atoms with E-state index in [2.05, 4.69) is 15.6 Å². The molecule has 2 rings (SSSR count). The van der Waals surface area contributed by atoms with Gasteiger partial charge in [-0.15, -0.1) is 24.0 Å². The lowest BCUT2D eigenvalue weighted by Crippen LogP contribution is -2.38. The minimum absolute atomic E-state index is 0. The second-order valence-corrected chi connectivity index (χ2v) is 5.46. The summed E-state index contributed by atoms with van der Waals surface area (Å²) >= 11 is 0. The topological polar surface area (TPSA) is 36.4 Å². The standard InChI is InChI=1S/C18H20F3N3.HI/c1-12(15-8-7-14(19)9-17(15)21)10-23-18(22-2)24-11-13-5-3-4-6-16(13)20;/h3-9,12H,10-11H2,1-2H3,(H2,22,23,24);1H. The maximum atomic E-state index is 13.8. The smallest absolute Gasteiger partial charge is 0.191 e. The maximum absolute atomic E-state index is 13.8. The first-order valence-electron chi connectivity index (χ1n) is 7.64. The van der Waals surface area contributed by atoms with Crippen LogP contribution in [0.1, 0.15) is 24.0 Å². The molecule has 2 aromatic rings. The Labute approximate surface area is 162 Å². The Balaban J connectivity index is 0.00000312. The van der Waals surface area contributed by atoms with Crippen LogP contribution in [0.4, 0.5) is 13.2 Å². The van der Waals surface area contributed by atoms with E-state index in [-0.39, 0.29) is 42.3 Å². The largest absolute Gasteiger partial charge is 0.356 e. The number of nitrogens with one attached hydrogen (secondary N) is 2. The molecule has 0 aliphatic carbocycles. The molecule has 0 bridgehead atoms. The Morgan fingerprint density at radius 3 is 2.40 bits per heavy atom. The average molecular weight is 463 g/mol. The van der Waals surface area contributed by atoms with Crippen molar-refractivity contribution in [1.29, 1.82) is 0 Å². The van der Waals surface area contributed by atoms with E-state index >= 15 is 0 Å². The van der Waals surface area contributed by atoms with Gasteiger partial charge in [0.25, 0.3) is 0 Å². The van der Waals surface area contributed by atoms with E-state index in [0.29, 0.717) is 23.6 Å². The van der Waals surface area contributed by atoms with Gasteiger partial charge in [0.05, 0.1) is 0 Å². The van der Waals surface area contributed by atoms with Crippen LogP contribution in [-0.4, -0.2) is 19.6 Å². The first-order chi connectivity index (χ1) is 11.5. The van der Waals surface area contributed by atoms with Gasteiger partial charge >= 0.3 is 0 Å². The molecule has 0 fully saturated rings. The zero-order valence-electron chi connectivity index (χ0n) is 14.0. The number of benzene rings is 2. The molecular formula is C18H21F3IN3. The first kappa shape index (κ1) is 21.3. The van der Waals surface area contributed by atoms with Gasteiger partial charge in [-0.2, -0.15) is 0 Å². The molecule has 0 aromatic heterocycles. The van der Waals surface area contributed by atoms with Crippen molar-refractivity contribution in [3.8, 4) is 0 Å². The molecule has 0 spiro atoms.